The van der Waals surface area contributed by atoms with Crippen molar-refractivity contribution in [1.82, 2.24) is 9.97 Å². The minimum absolute atomic E-state index is 0.0429. The Morgan fingerprint density at radius 3 is 2.35 bits per heavy atom. The van der Waals surface area contributed by atoms with Crippen LogP contribution in [0.5, 0.6) is 0 Å². The average molecular weight is 754 g/mol. The van der Waals surface area contributed by atoms with Gasteiger partial charge in [-0.25, -0.2) is 23.9 Å². The molecule has 6 atom stereocenters. The number of carboxylic acids is 3. The largest absolute Gasteiger partial charge is 0.481 e. The number of thiazole rings is 1. The van der Waals surface area contributed by atoms with E-state index in [1.807, 2.05) is 0 Å². The highest BCUT2D eigenvalue weighted by Crippen LogP contribution is 2.57. The molecule has 1 unspecified atom stereocenters. The van der Waals surface area contributed by atoms with Crippen molar-refractivity contribution < 1.29 is 81.9 Å². The van der Waals surface area contributed by atoms with E-state index in [2.05, 4.69) is 20.9 Å². The maximum absolute atomic E-state index is 12.6. The predicted octanol–water partition coefficient (Wildman–Crippen LogP) is 0.125. The summed E-state index contributed by atoms with van der Waals surface area (Å²) >= 11 is 0.822. The number of rotatable bonds is 17. The number of aliphatic carboxylic acids is 3. The van der Waals surface area contributed by atoms with Crippen molar-refractivity contribution in [1.29, 1.82) is 0 Å². The molecule has 0 bridgehead atoms. The third-order valence-electron chi connectivity index (χ3n) is 7.46. The molecule has 0 spiro atoms. The van der Waals surface area contributed by atoms with Crippen LogP contribution < -0.4 is 10.3 Å². The summed E-state index contributed by atoms with van der Waals surface area (Å²) in [4.78, 5) is 71.7. The highest BCUT2D eigenvalue weighted by atomic mass is 32.1. The molecule has 49 heavy (non-hydrogen) atoms. The molecular formula is C26H35N4O16P2S+. The van der Waals surface area contributed by atoms with E-state index in [1.165, 1.54) is 16.8 Å². The topological polar surface area (TPSA) is 331 Å². The first-order valence-corrected chi connectivity index (χ1v) is 17.9. The number of nitrogens with zero attached hydrogens (tertiary/aromatic N) is 3. The van der Waals surface area contributed by atoms with Crippen LogP contribution in [0.15, 0.2) is 30.7 Å². The maximum Gasteiger partial charge on any atom is 0.481 e. The van der Waals surface area contributed by atoms with Gasteiger partial charge in [0.25, 0.3) is 5.01 Å². The van der Waals surface area contributed by atoms with Crippen molar-refractivity contribution in [2.24, 2.45) is 11.8 Å². The molecule has 1 aliphatic carbocycles. The van der Waals surface area contributed by atoms with Crippen molar-refractivity contribution in [2.45, 2.75) is 57.5 Å². The van der Waals surface area contributed by atoms with Gasteiger partial charge >= 0.3 is 33.6 Å². The number of carboxylic acid groups (broad SMARTS) is 3. The second kappa shape index (κ2) is 15.5. The molecule has 2 heterocycles. The SMILES string of the molecule is C=C(O[C@H]1C=C[C@H]([C@@](O)(CCC(=O)O)c2sc(CCOP(=O)(O)OP(=O)(O)O)c(C)[n+]2Cc2cnc(C)nc2N)[C@@H](C(=O)O)[C@@H]1O)C(=O)O. The van der Waals surface area contributed by atoms with E-state index in [4.69, 9.17) is 29.9 Å². The molecule has 2 aromatic heterocycles. The molecule has 23 heteroatoms. The van der Waals surface area contributed by atoms with Gasteiger partial charge in [0.15, 0.2) is 23.6 Å². The molecule has 0 aliphatic heterocycles. The van der Waals surface area contributed by atoms with E-state index in [1.54, 1.807) is 13.8 Å². The molecule has 10 N–H and O–H groups in total. The second-order valence-corrected chi connectivity index (χ2v) is 14.8. The van der Waals surface area contributed by atoms with Crippen LogP contribution in [0.25, 0.3) is 0 Å². The standard InChI is InChI=1S/C26H34N4O16P2S/c1-12-18(7-9-44-48(42,43)46-47(39,40)41)49-25(30(12)11-15-10-28-14(3)29-22(15)27)26(38,8-6-19(31)32)16-4-5-17(45-13(2)23(34)35)21(33)20(16)24(36)37/h4-5,10,16-17,20-21,33,38H,2,6-9,11H2,1,3H3,(H7-,27,28,29,31,32,34,35,36,37,39,40,41,42,43)/p+1/t16-,17-,20+,21+,26-/m0/s1. The Balaban J connectivity index is 2.20. The van der Waals surface area contributed by atoms with Gasteiger partial charge in [-0.15, -0.1) is 0 Å². The van der Waals surface area contributed by atoms with E-state index < -0.39 is 88.4 Å². The Labute approximate surface area is 281 Å². The maximum atomic E-state index is 12.6. The van der Waals surface area contributed by atoms with Crippen LogP contribution >= 0.6 is 27.0 Å². The fourth-order valence-electron chi connectivity index (χ4n) is 5.18. The van der Waals surface area contributed by atoms with Crippen LogP contribution in [-0.4, -0.2) is 86.9 Å². The number of anilines is 1. The third kappa shape index (κ3) is 9.98. The lowest BCUT2D eigenvalue weighted by molar-refractivity contribution is -0.703. The van der Waals surface area contributed by atoms with Gasteiger partial charge in [-0.1, -0.05) is 17.4 Å². The quantitative estimate of drug-likeness (QED) is 0.0341. The highest BCUT2D eigenvalue weighted by Gasteiger charge is 2.56. The Hall–Kier alpha value is -3.62. The van der Waals surface area contributed by atoms with E-state index in [0.29, 0.717) is 22.0 Å². The van der Waals surface area contributed by atoms with Gasteiger partial charge in [-0.05, 0) is 26.0 Å². The molecule has 1 aliphatic rings. The Bertz CT molecular complexity index is 1740. The van der Waals surface area contributed by atoms with Crippen LogP contribution in [0.2, 0.25) is 0 Å². The number of aliphatic hydroxyl groups is 2. The van der Waals surface area contributed by atoms with E-state index in [-0.39, 0.29) is 23.8 Å². The number of aryl methyl sites for hydroxylation is 1. The van der Waals surface area contributed by atoms with Crippen molar-refractivity contribution in [3.8, 4) is 0 Å². The third-order valence-corrected chi connectivity index (χ3v) is 11.2. The first-order valence-electron chi connectivity index (χ1n) is 14.0. The number of hydrogen-bond acceptors (Lipinski definition) is 14. The lowest BCUT2D eigenvalue weighted by Crippen LogP contribution is -2.55. The number of carbonyl (C=O) groups is 3. The summed E-state index contributed by atoms with van der Waals surface area (Å²) in [7, 11) is -10.6. The first kappa shape index (κ1) is 39.8. The smallest absolute Gasteiger partial charge is 0.481 e. The van der Waals surface area contributed by atoms with Gasteiger partial charge in [0.05, 0.1) is 23.0 Å². The molecule has 3 rings (SSSR count). The van der Waals surface area contributed by atoms with Crippen molar-refractivity contribution in [3.05, 3.63) is 57.7 Å². The second-order valence-electron chi connectivity index (χ2n) is 10.8. The average Bonchev–Trinajstić information content (AvgIpc) is 3.27. The normalized spacial score (nSPS) is 21.8. The number of aliphatic hydroxyl groups excluding tert-OH is 1. The van der Waals surface area contributed by atoms with Gasteiger partial charge in [-0.2, -0.15) is 8.88 Å². The minimum Gasteiger partial charge on any atom is -0.481 e. The lowest BCUT2D eigenvalue weighted by atomic mass is 9.69. The molecule has 0 radical (unpaired) electrons. The summed E-state index contributed by atoms with van der Waals surface area (Å²) in [6.07, 6.45) is -1.34. The Morgan fingerprint density at radius 2 is 1.80 bits per heavy atom. The molecule has 0 amide bonds. The van der Waals surface area contributed by atoms with Gasteiger partial charge in [0.2, 0.25) is 0 Å². The summed E-state index contributed by atoms with van der Waals surface area (Å²) in [5.41, 5.74) is 4.39. The molecule has 0 saturated carbocycles. The zero-order valence-corrected chi connectivity index (χ0v) is 28.5. The zero-order valence-electron chi connectivity index (χ0n) is 25.8. The van der Waals surface area contributed by atoms with Crippen molar-refractivity contribution in [2.75, 3.05) is 12.3 Å². The van der Waals surface area contributed by atoms with Crippen LogP contribution in [0.3, 0.4) is 0 Å². The first-order chi connectivity index (χ1) is 22.6. The Morgan fingerprint density at radius 1 is 1.14 bits per heavy atom. The number of nitrogens with two attached hydrogens (primary N) is 1. The van der Waals surface area contributed by atoms with E-state index in [0.717, 1.165) is 17.4 Å². The van der Waals surface area contributed by atoms with Gasteiger partial charge in [0, 0.05) is 31.9 Å². The number of ether oxygens (including phenoxy) is 1. The Kier molecular flexibility index (Phi) is 12.6. The zero-order chi connectivity index (χ0) is 37.1. The monoisotopic (exact) mass is 753 g/mol. The number of aromatic nitrogens is 3. The van der Waals surface area contributed by atoms with Crippen molar-refractivity contribution in [3.63, 3.8) is 0 Å². The molecular weight excluding hydrogens is 718 g/mol. The van der Waals surface area contributed by atoms with Crippen LogP contribution in [-0.2, 0) is 55.7 Å². The van der Waals surface area contributed by atoms with Gasteiger partial charge < -0.3 is 50.7 Å². The molecule has 0 fully saturated rings. The highest BCUT2D eigenvalue weighted by molar-refractivity contribution is 7.60. The molecule has 20 nitrogen and oxygen atoms in total. The summed E-state index contributed by atoms with van der Waals surface area (Å²) in [5, 5.41) is 52.5. The predicted molar refractivity (Wildman–Crippen MR) is 164 cm³/mol. The van der Waals surface area contributed by atoms with Crippen molar-refractivity contribution >= 4 is 50.7 Å². The van der Waals surface area contributed by atoms with Crippen LogP contribution in [0.4, 0.5) is 5.82 Å². The van der Waals surface area contributed by atoms with E-state index >= 15 is 0 Å². The summed E-state index contributed by atoms with van der Waals surface area (Å²) < 4.78 is 38.2. The van der Waals surface area contributed by atoms with Gasteiger partial charge in [-0.3, -0.25) is 14.1 Å². The molecule has 2 aromatic rings. The van der Waals surface area contributed by atoms with Crippen LogP contribution in [0.1, 0.15) is 39.8 Å². The molecule has 0 saturated heterocycles. The number of phosphoric acid groups is 2. The molecule has 270 valence electrons. The minimum atomic E-state index is -5.41. The number of phosphoric ester groups is 1. The van der Waals surface area contributed by atoms with Crippen LogP contribution in [0, 0.1) is 25.7 Å². The summed E-state index contributed by atoms with van der Waals surface area (Å²) in [5.74, 6) is -8.46. The summed E-state index contributed by atoms with van der Waals surface area (Å²) in [6, 6.07) is 0. The molecule has 0 aromatic carbocycles. The lowest BCUT2D eigenvalue weighted by Gasteiger charge is -2.40. The van der Waals surface area contributed by atoms with Gasteiger partial charge in [0.1, 0.15) is 23.9 Å². The number of hydrogen-bond donors (Lipinski definition) is 9. The number of nitrogen functional groups attached to an aromatic ring is 1. The summed E-state index contributed by atoms with van der Waals surface area (Å²) in [6.45, 7) is 5.53. The fourth-order valence-corrected chi connectivity index (χ4v) is 8.17. The van der Waals surface area contributed by atoms with E-state index in [9.17, 15) is 48.8 Å². The fraction of sp³-hybridized carbons (Fsp3) is 0.462.